The lowest BCUT2D eigenvalue weighted by molar-refractivity contribution is 0.108. The molecule has 100 valence electrons. The molecule has 1 aliphatic carbocycles. The van der Waals surface area contributed by atoms with Gasteiger partial charge in [-0.1, -0.05) is 23.2 Å². The van der Waals surface area contributed by atoms with Crippen LogP contribution in [-0.2, 0) is 6.54 Å². The van der Waals surface area contributed by atoms with Gasteiger partial charge in [-0.15, -0.1) is 0 Å². The molecule has 2 rings (SSSR count). The number of hydrogen-bond donors (Lipinski definition) is 2. The molecule has 0 spiro atoms. The molecule has 1 saturated carbocycles. The third-order valence-electron chi connectivity index (χ3n) is 3.50. The summed E-state index contributed by atoms with van der Waals surface area (Å²) >= 11 is 11.9. The first kappa shape index (κ1) is 14.1. The SMILES string of the molecule is OC1CCC(CNCc2cc(Cl)cc(Cl)c2)CC1. The van der Waals surface area contributed by atoms with E-state index in [4.69, 9.17) is 23.2 Å². The van der Waals surface area contributed by atoms with E-state index < -0.39 is 0 Å². The van der Waals surface area contributed by atoms with Crippen LogP contribution in [0.1, 0.15) is 31.2 Å². The maximum Gasteiger partial charge on any atom is 0.0540 e. The van der Waals surface area contributed by atoms with Crippen LogP contribution in [0, 0.1) is 5.92 Å². The van der Waals surface area contributed by atoms with Gasteiger partial charge in [-0.05, 0) is 61.9 Å². The average Bonchev–Trinajstić information content (AvgIpc) is 2.30. The van der Waals surface area contributed by atoms with Crippen LogP contribution in [0.2, 0.25) is 10.0 Å². The number of aliphatic hydroxyl groups is 1. The lowest BCUT2D eigenvalue weighted by atomic mass is 9.87. The van der Waals surface area contributed by atoms with Crippen molar-refractivity contribution < 1.29 is 5.11 Å². The van der Waals surface area contributed by atoms with Crippen molar-refractivity contribution in [3.8, 4) is 0 Å². The minimum atomic E-state index is -0.0759. The van der Waals surface area contributed by atoms with E-state index in [9.17, 15) is 5.11 Å². The van der Waals surface area contributed by atoms with Crippen molar-refractivity contribution in [2.75, 3.05) is 6.54 Å². The predicted molar refractivity (Wildman–Crippen MR) is 76.1 cm³/mol. The summed E-state index contributed by atoms with van der Waals surface area (Å²) in [5.74, 6) is 0.683. The van der Waals surface area contributed by atoms with Crippen LogP contribution in [0.4, 0.5) is 0 Å². The molecule has 0 radical (unpaired) electrons. The number of nitrogens with one attached hydrogen (secondary N) is 1. The zero-order valence-corrected chi connectivity index (χ0v) is 11.8. The van der Waals surface area contributed by atoms with Gasteiger partial charge < -0.3 is 10.4 Å². The van der Waals surface area contributed by atoms with Crippen LogP contribution < -0.4 is 5.32 Å². The second-order valence-electron chi connectivity index (χ2n) is 5.08. The number of hydrogen-bond acceptors (Lipinski definition) is 2. The highest BCUT2D eigenvalue weighted by Crippen LogP contribution is 2.24. The van der Waals surface area contributed by atoms with Gasteiger partial charge in [0, 0.05) is 16.6 Å². The Hall–Kier alpha value is -0.280. The Labute approximate surface area is 118 Å². The van der Waals surface area contributed by atoms with Crippen molar-refractivity contribution in [3.63, 3.8) is 0 Å². The fourth-order valence-corrected chi connectivity index (χ4v) is 3.05. The summed E-state index contributed by atoms with van der Waals surface area (Å²) in [4.78, 5) is 0. The molecule has 1 aromatic rings. The standard InChI is InChI=1S/C14H19Cl2NO/c15-12-5-11(6-13(16)7-12)9-17-8-10-1-3-14(18)4-2-10/h5-7,10,14,17-18H,1-4,8-9H2. The van der Waals surface area contributed by atoms with Crippen LogP contribution in [-0.4, -0.2) is 17.8 Å². The lowest BCUT2D eigenvalue weighted by Gasteiger charge is -2.25. The first-order valence-corrected chi connectivity index (χ1v) is 7.23. The molecule has 1 aromatic carbocycles. The normalized spacial score (nSPS) is 24.2. The highest BCUT2D eigenvalue weighted by molar-refractivity contribution is 6.34. The van der Waals surface area contributed by atoms with Gasteiger partial charge in [-0.25, -0.2) is 0 Å². The minimum Gasteiger partial charge on any atom is -0.393 e. The average molecular weight is 288 g/mol. The van der Waals surface area contributed by atoms with E-state index in [1.54, 1.807) is 6.07 Å². The molecule has 0 bridgehead atoms. The smallest absolute Gasteiger partial charge is 0.0540 e. The zero-order chi connectivity index (χ0) is 13.0. The molecule has 2 nitrogen and oxygen atoms in total. The van der Waals surface area contributed by atoms with Gasteiger partial charge in [0.2, 0.25) is 0 Å². The van der Waals surface area contributed by atoms with Gasteiger partial charge in [0.15, 0.2) is 0 Å². The van der Waals surface area contributed by atoms with Crippen LogP contribution >= 0.6 is 23.2 Å². The Morgan fingerprint density at radius 3 is 2.28 bits per heavy atom. The van der Waals surface area contributed by atoms with Gasteiger partial charge in [0.25, 0.3) is 0 Å². The molecule has 0 amide bonds. The van der Waals surface area contributed by atoms with Crippen molar-refractivity contribution in [2.45, 2.75) is 38.3 Å². The molecule has 0 heterocycles. The molecule has 2 N–H and O–H groups in total. The quantitative estimate of drug-likeness (QED) is 0.886. The maximum absolute atomic E-state index is 9.44. The zero-order valence-electron chi connectivity index (χ0n) is 10.3. The van der Waals surface area contributed by atoms with Crippen LogP contribution in [0.5, 0.6) is 0 Å². The summed E-state index contributed by atoms with van der Waals surface area (Å²) in [5, 5.41) is 14.2. The first-order chi connectivity index (χ1) is 8.63. The van der Waals surface area contributed by atoms with Gasteiger partial charge in [-0.3, -0.25) is 0 Å². The van der Waals surface area contributed by atoms with E-state index in [-0.39, 0.29) is 6.10 Å². The first-order valence-electron chi connectivity index (χ1n) is 6.47. The molecule has 0 unspecified atom stereocenters. The summed E-state index contributed by atoms with van der Waals surface area (Å²) < 4.78 is 0. The summed E-state index contributed by atoms with van der Waals surface area (Å²) in [6.45, 7) is 1.79. The van der Waals surface area contributed by atoms with E-state index >= 15 is 0 Å². The highest BCUT2D eigenvalue weighted by atomic mass is 35.5. The molecule has 1 aliphatic rings. The van der Waals surface area contributed by atoms with Crippen molar-refractivity contribution in [3.05, 3.63) is 33.8 Å². The Morgan fingerprint density at radius 2 is 1.67 bits per heavy atom. The highest BCUT2D eigenvalue weighted by Gasteiger charge is 2.18. The number of rotatable bonds is 4. The topological polar surface area (TPSA) is 32.3 Å². The molecule has 18 heavy (non-hydrogen) atoms. The Balaban J connectivity index is 1.74. The summed E-state index contributed by atoms with van der Waals surface area (Å²) in [6, 6.07) is 5.62. The maximum atomic E-state index is 9.44. The molecular weight excluding hydrogens is 269 g/mol. The summed E-state index contributed by atoms with van der Waals surface area (Å²) in [6.07, 6.45) is 4.03. The van der Waals surface area contributed by atoms with E-state index in [0.29, 0.717) is 16.0 Å². The van der Waals surface area contributed by atoms with Crippen molar-refractivity contribution in [1.29, 1.82) is 0 Å². The van der Waals surface area contributed by atoms with E-state index in [1.807, 2.05) is 12.1 Å². The number of halogens is 2. The van der Waals surface area contributed by atoms with Gasteiger partial charge in [-0.2, -0.15) is 0 Å². The monoisotopic (exact) mass is 287 g/mol. The molecule has 0 atom stereocenters. The van der Waals surface area contributed by atoms with Gasteiger partial charge in [0.05, 0.1) is 6.10 Å². The van der Waals surface area contributed by atoms with Crippen molar-refractivity contribution >= 4 is 23.2 Å². The summed E-state index contributed by atoms with van der Waals surface area (Å²) in [7, 11) is 0. The second-order valence-corrected chi connectivity index (χ2v) is 5.96. The summed E-state index contributed by atoms with van der Waals surface area (Å²) in [5.41, 5.74) is 1.11. The third-order valence-corrected chi connectivity index (χ3v) is 3.94. The Kier molecular flexibility index (Phi) is 5.31. The van der Waals surface area contributed by atoms with Gasteiger partial charge in [0.1, 0.15) is 0 Å². The van der Waals surface area contributed by atoms with E-state index in [1.165, 1.54) is 0 Å². The predicted octanol–water partition coefficient (Wildman–Crippen LogP) is 3.63. The molecule has 1 fully saturated rings. The van der Waals surface area contributed by atoms with Crippen molar-refractivity contribution in [2.24, 2.45) is 5.92 Å². The Morgan fingerprint density at radius 1 is 1.06 bits per heavy atom. The number of aliphatic hydroxyl groups excluding tert-OH is 1. The van der Waals surface area contributed by atoms with Crippen LogP contribution in [0.15, 0.2) is 18.2 Å². The molecule has 0 aliphatic heterocycles. The fourth-order valence-electron chi connectivity index (χ4n) is 2.48. The third kappa shape index (κ3) is 4.43. The van der Waals surface area contributed by atoms with Crippen LogP contribution in [0.25, 0.3) is 0 Å². The Bertz CT molecular complexity index is 369. The largest absolute Gasteiger partial charge is 0.393 e. The van der Waals surface area contributed by atoms with Gasteiger partial charge >= 0.3 is 0 Å². The molecule has 0 aromatic heterocycles. The molecule has 0 saturated heterocycles. The lowest BCUT2D eigenvalue weighted by Crippen LogP contribution is -2.27. The molecule has 4 heteroatoms. The van der Waals surface area contributed by atoms with Crippen LogP contribution in [0.3, 0.4) is 0 Å². The molecular formula is C14H19Cl2NO. The number of benzene rings is 1. The fraction of sp³-hybridized carbons (Fsp3) is 0.571. The van der Waals surface area contributed by atoms with E-state index in [2.05, 4.69) is 5.32 Å². The van der Waals surface area contributed by atoms with E-state index in [0.717, 1.165) is 44.3 Å². The second kappa shape index (κ2) is 6.76. The van der Waals surface area contributed by atoms with Crippen molar-refractivity contribution in [1.82, 2.24) is 5.32 Å². The minimum absolute atomic E-state index is 0.0759.